The molecule has 1 saturated heterocycles. The van der Waals surface area contributed by atoms with E-state index < -0.39 is 0 Å². The second-order valence-electron chi connectivity index (χ2n) is 4.88. The summed E-state index contributed by atoms with van der Waals surface area (Å²) in [6.07, 6.45) is 5.54. The van der Waals surface area contributed by atoms with Crippen LogP contribution in [0.25, 0.3) is 0 Å². The summed E-state index contributed by atoms with van der Waals surface area (Å²) in [5.41, 5.74) is 2.34. The third-order valence-electron chi connectivity index (χ3n) is 3.52. The fourth-order valence-corrected chi connectivity index (χ4v) is 6.38. The van der Waals surface area contributed by atoms with Crippen LogP contribution in [0.5, 0.6) is 0 Å². The fraction of sp³-hybridized carbons (Fsp3) is 0.538. The van der Waals surface area contributed by atoms with Gasteiger partial charge < -0.3 is 0 Å². The second-order valence-corrected chi connectivity index (χ2v) is 8.61. The van der Waals surface area contributed by atoms with Gasteiger partial charge in [-0.1, -0.05) is 30.3 Å². The molecule has 4 atom stereocenters. The zero-order valence-electron chi connectivity index (χ0n) is 9.47. The van der Waals surface area contributed by atoms with Crippen LogP contribution < -0.4 is 5.09 Å². The Bertz CT molecular complexity index is 350. The van der Waals surface area contributed by atoms with Gasteiger partial charge in [0.25, 0.3) is 0 Å². The van der Waals surface area contributed by atoms with E-state index in [1.165, 1.54) is 25.7 Å². The highest BCUT2D eigenvalue weighted by Crippen LogP contribution is 2.64. The van der Waals surface area contributed by atoms with Gasteiger partial charge in [0.1, 0.15) is 0 Å². The SMILES string of the molecule is P[C@H]1CC[C@H](c2ccccc2)P1NC1CC1. The molecular weight excluding hydrogens is 232 g/mol. The molecule has 1 aromatic carbocycles. The van der Waals surface area contributed by atoms with Crippen molar-refractivity contribution in [2.75, 3.05) is 0 Å². The predicted octanol–water partition coefficient (Wildman–Crippen LogP) is 3.87. The first-order valence-electron chi connectivity index (χ1n) is 6.19. The standard InChI is InChI=1S/C13H19NP2/c15-13-9-8-12(10-4-2-1-3-5-10)16(13)14-11-6-7-11/h1-5,11-14H,6-9,15H2/t12-,13-,16?/m1/s1. The van der Waals surface area contributed by atoms with E-state index in [9.17, 15) is 0 Å². The predicted molar refractivity (Wildman–Crippen MR) is 75.0 cm³/mol. The van der Waals surface area contributed by atoms with E-state index in [2.05, 4.69) is 44.7 Å². The number of nitrogens with one attached hydrogen (secondary N) is 1. The minimum Gasteiger partial charge on any atom is -0.292 e. The molecule has 0 bridgehead atoms. The maximum Gasteiger partial charge on any atom is 0.0178 e. The topological polar surface area (TPSA) is 12.0 Å². The average molecular weight is 251 g/mol. The van der Waals surface area contributed by atoms with Gasteiger partial charge in [0.2, 0.25) is 0 Å². The van der Waals surface area contributed by atoms with Crippen molar-refractivity contribution in [3.05, 3.63) is 35.9 Å². The van der Waals surface area contributed by atoms with E-state index in [4.69, 9.17) is 0 Å². The molecule has 86 valence electrons. The molecule has 0 radical (unpaired) electrons. The van der Waals surface area contributed by atoms with Crippen molar-refractivity contribution in [2.45, 2.75) is 42.8 Å². The summed E-state index contributed by atoms with van der Waals surface area (Å²) in [6.45, 7) is 0. The van der Waals surface area contributed by atoms with Crippen LogP contribution in [0.2, 0.25) is 0 Å². The molecule has 3 heteroatoms. The highest BCUT2D eigenvalue weighted by atomic mass is 31.2. The molecule has 3 rings (SSSR count). The van der Waals surface area contributed by atoms with E-state index >= 15 is 0 Å². The van der Waals surface area contributed by atoms with Gasteiger partial charge in [-0.3, -0.25) is 5.09 Å². The highest BCUT2D eigenvalue weighted by molar-refractivity contribution is 7.64. The van der Waals surface area contributed by atoms with Crippen LogP contribution in [0.4, 0.5) is 0 Å². The van der Waals surface area contributed by atoms with E-state index in [1.807, 2.05) is 0 Å². The van der Waals surface area contributed by atoms with E-state index in [-0.39, 0.29) is 8.07 Å². The number of hydrogen-bond donors (Lipinski definition) is 1. The van der Waals surface area contributed by atoms with Crippen molar-refractivity contribution in [1.82, 2.24) is 5.09 Å². The third-order valence-corrected chi connectivity index (χ3v) is 7.68. The molecule has 2 aliphatic rings. The Kier molecular flexibility index (Phi) is 3.29. The zero-order valence-corrected chi connectivity index (χ0v) is 11.5. The summed E-state index contributed by atoms with van der Waals surface area (Å²) in [6, 6.07) is 11.9. The average Bonchev–Trinajstić information content (AvgIpc) is 3.06. The van der Waals surface area contributed by atoms with E-state index in [1.54, 1.807) is 5.56 Å². The second kappa shape index (κ2) is 4.73. The van der Waals surface area contributed by atoms with Crippen LogP contribution in [-0.4, -0.2) is 11.4 Å². The number of hydrogen-bond acceptors (Lipinski definition) is 1. The largest absolute Gasteiger partial charge is 0.292 e. The van der Waals surface area contributed by atoms with Crippen molar-refractivity contribution < 1.29 is 0 Å². The fourth-order valence-electron chi connectivity index (χ4n) is 2.45. The monoisotopic (exact) mass is 251 g/mol. The maximum absolute atomic E-state index is 3.90. The molecule has 1 nitrogen and oxygen atoms in total. The lowest BCUT2D eigenvalue weighted by Gasteiger charge is -2.24. The van der Waals surface area contributed by atoms with Crippen LogP contribution >= 0.6 is 17.3 Å². The minimum atomic E-state index is -0.0100. The molecule has 1 aromatic rings. The quantitative estimate of drug-likeness (QED) is 0.804. The molecule has 2 unspecified atom stereocenters. The molecule has 1 saturated carbocycles. The van der Waals surface area contributed by atoms with Gasteiger partial charge in [-0.2, -0.15) is 0 Å². The minimum absolute atomic E-state index is 0.0100. The number of rotatable bonds is 3. The van der Waals surface area contributed by atoms with Crippen molar-refractivity contribution in [2.24, 2.45) is 0 Å². The molecule has 1 aliphatic carbocycles. The summed E-state index contributed by atoms with van der Waals surface area (Å²) in [5, 5.41) is 4.72. The van der Waals surface area contributed by atoms with Crippen LogP contribution in [0.3, 0.4) is 0 Å². The lowest BCUT2D eigenvalue weighted by Crippen LogP contribution is -2.14. The molecule has 1 heterocycles. The smallest absolute Gasteiger partial charge is 0.0178 e. The summed E-state index contributed by atoms with van der Waals surface area (Å²) in [5.74, 6) is 0. The first kappa shape index (κ1) is 11.1. The van der Waals surface area contributed by atoms with Crippen LogP contribution in [0.1, 0.15) is 36.9 Å². The van der Waals surface area contributed by atoms with Crippen LogP contribution in [0.15, 0.2) is 30.3 Å². The third kappa shape index (κ3) is 2.33. The molecule has 16 heavy (non-hydrogen) atoms. The summed E-state index contributed by atoms with van der Waals surface area (Å²) in [4.78, 5) is 0. The summed E-state index contributed by atoms with van der Waals surface area (Å²) >= 11 is 0. The molecular formula is C13H19NP2. The molecule has 0 amide bonds. The zero-order chi connectivity index (χ0) is 11.0. The molecule has 1 aliphatic heterocycles. The lowest BCUT2D eigenvalue weighted by molar-refractivity contribution is 0.812. The molecule has 1 N–H and O–H groups in total. The molecule has 0 aromatic heterocycles. The first-order valence-corrected chi connectivity index (χ1v) is 8.34. The maximum atomic E-state index is 3.90. The lowest BCUT2D eigenvalue weighted by atomic mass is 10.1. The van der Waals surface area contributed by atoms with E-state index in [0.29, 0.717) is 0 Å². The molecule has 2 fully saturated rings. The van der Waals surface area contributed by atoms with Gasteiger partial charge in [0.15, 0.2) is 0 Å². The van der Waals surface area contributed by atoms with Gasteiger partial charge in [-0.15, -0.1) is 9.24 Å². The first-order chi connectivity index (χ1) is 7.84. The Labute approximate surface area is 101 Å². The molecule has 0 spiro atoms. The van der Waals surface area contributed by atoms with Gasteiger partial charge in [0, 0.05) is 17.1 Å². The Morgan fingerprint density at radius 3 is 2.50 bits per heavy atom. The Morgan fingerprint density at radius 1 is 1.06 bits per heavy atom. The van der Waals surface area contributed by atoms with E-state index in [0.717, 1.165) is 17.1 Å². The van der Waals surface area contributed by atoms with Gasteiger partial charge in [-0.25, -0.2) is 0 Å². The van der Waals surface area contributed by atoms with Crippen molar-refractivity contribution in [3.8, 4) is 0 Å². The number of benzene rings is 1. The van der Waals surface area contributed by atoms with Gasteiger partial charge in [-0.05, 0) is 39.3 Å². The summed E-state index contributed by atoms with van der Waals surface area (Å²) < 4.78 is 0. The van der Waals surface area contributed by atoms with Crippen molar-refractivity contribution >= 4 is 17.3 Å². The summed E-state index contributed by atoms with van der Waals surface area (Å²) in [7, 11) is 3.06. The van der Waals surface area contributed by atoms with Crippen molar-refractivity contribution in [1.29, 1.82) is 0 Å². The van der Waals surface area contributed by atoms with Crippen molar-refractivity contribution in [3.63, 3.8) is 0 Å². The highest BCUT2D eigenvalue weighted by Gasteiger charge is 2.37. The Morgan fingerprint density at radius 2 is 1.81 bits per heavy atom. The normalized spacial score (nSPS) is 34.2. The van der Waals surface area contributed by atoms with Gasteiger partial charge >= 0.3 is 0 Å². The Balaban J connectivity index is 1.77. The Hall–Kier alpha value is 0.0400. The van der Waals surface area contributed by atoms with Gasteiger partial charge in [0.05, 0.1) is 0 Å². The van der Waals surface area contributed by atoms with Crippen LogP contribution in [-0.2, 0) is 0 Å². The van der Waals surface area contributed by atoms with Crippen LogP contribution in [0, 0.1) is 0 Å².